The number of nitrogens with one attached hydrogen (secondary N) is 1. The van der Waals surface area contributed by atoms with Crippen molar-refractivity contribution in [3.63, 3.8) is 0 Å². The van der Waals surface area contributed by atoms with Crippen LogP contribution in [0.2, 0.25) is 0 Å². The zero-order valence-corrected chi connectivity index (χ0v) is 13.2. The Morgan fingerprint density at radius 2 is 1.63 bits per heavy atom. The third kappa shape index (κ3) is 4.30. The molecule has 1 aromatic rings. The summed E-state index contributed by atoms with van der Waals surface area (Å²) in [6, 6.07) is 7.42. The molecule has 0 fully saturated rings. The summed E-state index contributed by atoms with van der Waals surface area (Å²) >= 11 is 0. The van der Waals surface area contributed by atoms with E-state index in [1.807, 2.05) is 26.0 Å². The number of hydrogen-bond donors (Lipinski definition) is 1. The van der Waals surface area contributed by atoms with Gasteiger partial charge in [-0.15, -0.1) is 0 Å². The topological polar surface area (TPSA) is 49.4 Å². The molecule has 0 atom stereocenters. The molecule has 5 heteroatoms. The predicted molar refractivity (Wildman–Crippen MR) is 78.5 cm³/mol. The van der Waals surface area contributed by atoms with Gasteiger partial charge < -0.3 is 5.32 Å². The van der Waals surface area contributed by atoms with Crippen LogP contribution in [0.25, 0.3) is 0 Å². The van der Waals surface area contributed by atoms with E-state index in [9.17, 15) is 8.42 Å². The van der Waals surface area contributed by atoms with Crippen molar-refractivity contribution in [1.29, 1.82) is 0 Å². The van der Waals surface area contributed by atoms with Crippen molar-refractivity contribution >= 4 is 10.0 Å². The lowest BCUT2D eigenvalue weighted by molar-refractivity contribution is 0.410. The summed E-state index contributed by atoms with van der Waals surface area (Å²) in [6.07, 6.45) is 0. The van der Waals surface area contributed by atoms with Gasteiger partial charge in [0, 0.05) is 25.7 Å². The van der Waals surface area contributed by atoms with Crippen molar-refractivity contribution in [2.45, 2.75) is 51.2 Å². The molecular formula is C14H24N2O2S. The number of nitrogens with zero attached hydrogens (tertiary/aromatic N) is 1. The van der Waals surface area contributed by atoms with E-state index in [0.29, 0.717) is 10.9 Å². The number of sulfonamides is 1. The molecule has 19 heavy (non-hydrogen) atoms. The molecule has 0 saturated carbocycles. The Balaban J connectivity index is 2.87. The molecule has 0 aromatic heterocycles. The predicted octanol–water partition coefficient (Wildman–Crippen LogP) is 2.21. The average Bonchev–Trinajstić information content (AvgIpc) is 2.35. The molecule has 0 aliphatic heterocycles. The van der Waals surface area contributed by atoms with Crippen molar-refractivity contribution in [3.8, 4) is 0 Å². The van der Waals surface area contributed by atoms with E-state index in [1.54, 1.807) is 19.2 Å². The molecule has 1 rings (SSSR count). The Hall–Kier alpha value is -0.910. The average molecular weight is 284 g/mol. The Morgan fingerprint density at radius 3 is 2.05 bits per heavy atom. The normalized spacial score (nSPS) is 12.6. The third-order valence-electron chi connectivity index (χ3n) is 3.04. The maximum absolute atomic E-state index is 12.3. The van der Waals surface area contributed by atoms with Crippen LogP contribution in [0.5, 0.6) is 0 Å². The lowest BCUT2D eigenvalue weighted by Gasteiger charge is -2.21. The van der Waals surface area contributed by atoms with Gasteiger partial charge in [-0.05, 0) is 31.5 Å². The quantitative estimate of drug-likeness (QED) is 0.871. The minimum atomic E-state index is -3.37. The van der Waals surface area contributed by atoms with Gasteiger partial charge in [0.05, 0.1) is 4.90 Å². The van der Waals surface area contributed by atoms with Crippen molar-refractivity contribution < 1.29 is 8.42 Å². The molecule has 0 amide bonds. The summed E-state index contributed by atoms with van der Waals surface area (Å²) < 4.78 is 25.9. The molecule has 0 unspecified atom stereocenters. The minimum Gasteiger partial charge on any atom is -0.310 e. The summed E-state index contributed by atoms with van der Waals surface area (Å²) in [6.45, 7) is 8.63. The Morgan fingerprint density at radius 1 is 1.11 bits per heavy atom. The summed E-state index contributed by atoms with van der Waals surface area (Å²) in [5.74, 6) is 0. The maximum Gasteiger partial charge on any atom is 0.243 e. The van der Waals surface area contributed by atoms with Gasteiger partial charge in [-0.25, -0.2) is 8.42 Å². The SMILES string of the molecule is CC(C)NCc1ccc(S(=O)(=O)N(C)C(C)C)cc1. The van der Waals surface area contributed by atoms with Crippen molar-refractivity contribution in [2.24, 2.45) is 0 Å². The van der Waals surface area contributed by atoms with Gasteiger partial charge in [0.1, 0.15) is 0 Å². The molecule has 4 nitrogen and oxygen atoms in total. The van der Waals surface area contributed by atoms with Crippen LogP contribution in [0.4, 0.5) is 0 Å². The number of rotatable bonds is 6. The molecule has 0 saturated heterocycles. The Bertz CT molecular complexity index is 493. The Labute approximate surface area is 116 Å². The molecule has 0 bridgehead atoms. The fourth-order valence-electron chi connectivity index (χ4n) is 1.55. The number of benzene rings is 1. The lowest BCUT2D eigenvalue weighted by atomic mass is 10.2. The molecule has 0 spiro atoms. The van der Waals surface area contributed by atoms with Crippen LogP contribution in [0, 0.1) is 0 Å². The van der Waals surface area contributed by atoms with E-state index in [4.69, 9.17) is 0 Å². The first-order chi connectivity index (χ1) is 8.75. The van der Waals surface area contributed by atoms with Crippen LogP contribution < -0.4 is 5.32 Å². The van der Waals surface area contributed by atoms with Crippen molar-refractivity contribution in [1.82, 2.24) is 9.62 Å². The highest BCUT2D eigenvalue weighted by Crippen LogP contribution is 2.17. The van der Waals surface area contributed by atoms with Crippen LogP contribution in [0.3, 0.4) is 0 Å². The molecule has 0 heterocycles. The molecule has 0 aliphatic carbocycles. The van der Waals surface area contributed by atoms with Gasteiger partial charge in [0.15, 0.2) is 0 Å². The first-order valence-corrected chi connectivity index (χ1v) is 7.99. The van der Waals surface area contributed by atoms with E-state index in [0.717, 1.165) is 12.1 Å². The highest BCUT2D eigenvalue weighted by atomic mass is 32.2. The van der Waals surface area contributed by atoms with Crippen LogP contribution in [-0.4, -0.2) is 31.9 Å². The van der Waals surface area contributed by atoms with Crippen LogP contribution in [0.1, 0.15) is 33.3 Å². The van der Waals surface area contributed by atoms with E-state index >= 15 is 0 Å². The van der Waals surface area contributed by atoms with Crippen molar-refractivity contribution in [3.05, 3.63) is 29.8 Å². The molecule has 1 aromatic carbocycles. The van der Waals surface area contributed by atoms with Crippen LogP contribution in [-0.2, 0) is 16.6 Å². The molecule has 0 aliphatic rings. The monoisotopic (exact) mass is 284 g/mol. The zero-order valence-electron chi connectivity index (χ0n) is 12.3. The minimum absolute atomic E-state index is 0.0488. The zero-order chi connectivity index (χ0) is 14.6. The summed E-state index contributed by atoms with van der Waals surface area (Å²) in [5.41, 5.74) is 1.08. The Kier molecular flexibility index (Phi) is 5.52. The second-order valence-electron chi connectivity index (χ2n) is 5.29. The van der Waals surface area contributed by atoms with Crippen LogP contribution in [0.15, 0.2) is 29.2 Å². The standard InChI is InChI=1S/C14H24N2O2S/c1-11(2)15-10-13-6-8-14(9-7-13)19(17,18)16(5)12(3)4/h6-9,11-12,15H,10H2,1-5H3. The number of hydrogen-bond acceptors (Lipinski definition) is 3. The highest BCUT2D eigenvalue weighted by Gasteiger charge is 2.22. The fraction of sp³-hybridized carbons (Fsp3) is 0.571. The molecule has 108 valence electrons. The van der Waals surface area contributed by atoms with Gasteiger partial charge >= 0.3 is 0 Å². The maximum atomic E-state index is 12.3. The summed E-state index contributed by atoms with van der Waals surface area (Å²) in [5, 5.41) is 3.30. The second-order valence-corrected chi connectivity index (χ2v) is 7.29. The van der Waals surface area contributed by atoms with Gasteiger partial charge in [-0.1, -0.05) is 26.0 Å². The van der Waals surface area contributed by atoms with E-state index < -0.39 is 10.0 Å². The lowest BCUT2D eigenvalue weighted by Crippen LogP contribution is -2.33. The van der Waals surface area contributed by atoms with E-state index in [-0.39, 0.29) is 6.04 Å². The van der Waals surface area contributed by atoms with Crippen LogP contribution >= 0.6 is 0 Å². The third-order valence-corrected chi connectivity index (χ3v) is 5.09. The van der Waals surface area contributed by atoms with Crippen molar-refractivity contribution in [2.75, 3.05) is 7.05 Å². The fourth-order valence-corrected chi connectivity index (χ4v) is 2.91. The largest absolute Gasteiger partial charge is 0.310 e. The van der Waals surface area contributed by atoms with Gasteiger partial charge in [-0.3, -0.25) is 0 Å². The smallest absolute Gasteiger partial charge is 0.243 e. The van der Waals surface area contributed by atoms with Gasteiger partial charge in [0.2, 0.25) is 10.0 Å². The molecule has 1 N–H and O–H groups in total. The van der Waals surface area contributed by atoms with E-state index in [1.165, 1.54) is 4.31 Å². The molecule has 0 radical (unpaired) electrons. The summed E-state index contributed by atoms with van der Waals surface area (Å²) in [7, 11) is -1.77. The second kappa shape index (κ2) is 6.50. The van der Waals surface area contributed by atoms with Gasteiger partial charge in [0.25, 0.3) is 0 Å². The highest BCUT2D eigenvalue weighted by molar-refractivity contribution is 7.89. The van der Waals surface area contributed by atoms with E-state index in [2.05, 4.69) is 19.2 Å². The first kappa shape index (κ1) is 16.1. The van der Waals surface area contributed by atoms with Gasteiger partial charge in [-0.2, -0.15) is 4.31 Å². The molecular weight excluding hydrogens is 260 g/mol. The first-order valence-electron chi connectivity index (χ1n) is 6.55. The summed E-state index contributed by atoms with van der Waals surface area (Å²) in [4.78, 5) is 0.344.